The number of hydrogen-bond acceptors (Lipinski definition) is 7. The summed E-state index contributed by atoms with van der Waals surface area (Å²) in [7, 11) is -3.92. The molecule has 0 aromatic carbocycles. The fourth-order valence-electron chi connectivity index (χ4n) is 1.46. The number of carboxylic acid groups (broad SMARTS) is 1. The highest BCUT2D eigenvalue weighted by Crippen LogP contribution is 2.53. The van der Waals surface area contributed by atoms with Gasteiger partial charge in [0, 0.05) is 5.88 Å². The predicted octanol–water partition coefficient (Wildman–Crippen LogP) is 1.99. The van der Waals surface area contributed by atoms with Crippen molar-refractivity contribution in [3.63, 3.8) is 0 Å². The number of carbonyl (C=O) groups is 2. The van der Waals surface area contributed by atoms with E-state index in [-0.39, 0.29) is 25.6 Å². The van der Waals surface area contributed by atoms with Crippen molar-refractivity contribution in [1.82, 2.24) is 10.3 Å². The van der Waals surface area contributed by atoms with Crippen molar-refractivity contribution in [2.75, 3.05) is 25.6 Å². The van der Waals surface area contributed by atoms with E-state index in [2.05, 4.69) is 10.6 Å². The lowest BCUT2D eigenvalue weighted by atomic mass is 10.4. The third-order valence-electron chi connectivity index (χ3n) is 2.29. The summed E-state index contributed by atoms with van der Waals surface area (Å²) in [5.41, 5.74) is 0. The van der Waals surface area contributed by atoms with Crippen LogP contribution in [-0.2, 0) is 18.4 Å². The number of nitrogens with one attached hydrogen (secondary N) is 1. The lowest BCUT2D eigenvalue weighted by Crippen LogP contribution is -2.44. The van der Waals surface area contributed by atoms with Crippen LogP contribution in [0, 0.1) is 4.91 Å². The Morgan fingerprint density at radius 2 is 1.91 bits per heavy atom. The molecule has 0 radical (unpaired) electrons. The highest BCUT2D eigenvalue weighted by Gasteiger charge is 2.39. The molecule has 128 valence electrons. The van der Waals surface area contributed by atoms with E-state index in [0.717, 1.165) is 0 Å². The van der Waals surface area contributed by atoms with Crippen molar-refractivity contribution in [2.45, 2.75) is 26.1 Å². The third kappa shape index (κ3) is 6.69. The molecule has 2 amide bonds. The Bertz CT molecular complexity index is 427. The number of carbonyl (C=O) groups excluding carboxylic acids is 1. The maximum absolute atomic E-state index is 12.6. The Morgan fingerprint density at radius 1 is 1.36 bits per heavy atom. The normalized spacial score (nSPS) is 12.5. The minimum Gasteiger partial charge on any atom is -0.481 e. The number of carboxylic acids is 1. The van der Waals surface area contributed by atoms with Crippen LogP contribution in [0.15, 0.2) is 5.29 Å². The SMILES string of the molecule is CCOP(=O)(OCC)C(CC(=O)O)NC(=O)N(CCCl)N=O. The second-order valence-electron chi connectivity index (χ2n) is 3.83. The number of hydrogen-bond donors (Lipinski definition) is 2. The van der Waals surface area contributed by atoms with Gasteiger partial charge in [-0.25, -0.2) is 4.79 Å². The zero-order valence-electron chi connectivity index (χ0n) is 12.2. The molecule has 0 bridgehead atoms. The lowest BCUT2D eigenvalue weighted by molar-refractivity contribution is -0.137. The number of urea groups is 1. The highest BCUT2D eigenvalue weighted by molar-refractivity contribution is 7.54. The molecule has 0 aromatic heterocycles. The summed E-state index contributed by atoms with van der Waals surface area (Å²) in [4.78, 5) is 33.3. The standard InChI is InChI=1S/C10H19ClN3O7P/c1-3-20-22(19,21-4-2)8(7-9(15)16)12-10(17)14(13-18)6-5-11/h8H,3-7H2,1-2H3,(H,12,17)(H,15,16). The van der Waals surface area contributed by atoms with E-state index in [1.807, 2.05) is 0 Å². The van der Waals surface area contributed by atoms with Gasteiger partial charge in [-0.3, -0.25) is 9.36 Å². The summed E-state index contributed by atoms with van der Waals surface area (Å²) in [6.45, 7) is 2.86. The number of amides is 2. The fraction of sp³-hybridized carbons (Fsp3) is 0.800. The van der Waals surface area contributed by atoms with Gasteiger partial charge in [-0.15, -0.1) is 16.5 Å². The van der Waals surface area contributed by atoms with Crippen LogP contribution in [0.2, 0.25) is 0 Å². The van der Waals surface area contributed by atoms with Gasteiger partial charge in [0.15, 0.2) is 0 Å². The molecular formula is C10H19ClN3O7P. The second kappa shape index (κ2) is 10.5. The zero-order valence-corrected chi connectivity index (χ0v) is 13.9. The van der Waals surface area contributed by atoms with Gasteiger partial charge in [-0.1, -0.05) is 0 Å². The molecule has 0 aliphatic rings. The van der Waals surface area contributed by atoms with Crippen molar-refractivity contribution < 1.29 is 28.3 Å². The Hall–Kier alpha value is -1.22. The zero-order chi connectivity index (χ0) is 17.2. The molecule has 0 aliphatic heterocycles. The largest absolute Gasteiger partial charge is 0.481 e. The van der Waals surface area contributed by atoms with Crippen molar-refractivity contribution in [3.8, 4) is 0 Å². The molecule has 1 unspecified atom stereocenters. The highest BCUT2D eigenvalue weighted by atomic mass is 35.5. The molecule has 0 saturated heterocycles. The van der Waals surface area contributed by atoms with E-state index in [0.29, 0.717) is 5.01 Å². The van der Waals surface area contributed by atoms with E-state index >= 15 is 0 Å². The summed E-state index contributed by atoms with van der Waals surface area (Å²) in [6, 6.07) is -1.04. The second-order valence-corrected chi connectivity index (χ2v) is 6.43. The number of aliphatic carboxylic acids is 1. The molecule has 0 saturated carbocycles. The first kappa shape index (κ1) is 20.8. The van der Waals surface area contributed by atoms with Gasteiger partial charge >= 0.3 is 19.6 Å². The molecule has 10 nitrogen and oxygen atoms in total. The molecule has 12 heteroatoms. The van der Waals surface area contributed by atoms with Gasteiger partial charge < -0.3 is 19.5 Å². The van der Waals surface area contributed by atoms with Crippen molar-refractivity contribution >= 4 is 31.2 Å². The number of rotatable bonds is 11. The molecule has 2 N–H and O–H groups in total. The average Bonchev–Trinajstić information content (AvgIpc) is 2.43. The Labute approximate surface area is 132 Å². The van der Waals surface area contributed by atoms with Crippen LogP contribution in [0.5, 0.6) is 0 Å². The van der Waals surface area contributed by atoms with E-state index < -0.39 is 31.8 Å². The van der Waals surface area contributed by atoms with Gasteiger partial charge in [0.2, 0.25) is 0 Å². The summed E-state index contributed by atoms with van der Waals surface area (Å²) in [6.07, 6.45) is -0.712. The van der Waals surface area contributed by atoms with Crippen LogP contribution in [0.25, 0.3) is 0 Å². The minimum absolute atomic E-state index is 0.0133. The average molecular weight is 360 g/mol. The van der Waals surface area contributed by atoms with Crippen LogP contribution < -0.4 is 5.32 Å². The van der Waals surface area contributed by atoms with Crippen molar-refractivity contribution in [2.24, 2.45) is 5.29 Å². The van der Waals surface area contributed by atoms with Crippen molar-refractivity contribution in [3.05, 3.63) is 4.91 Å². The smallest absolute Gasteiger partial charge is 0.353 e. The summed E-state index contributed by atoms with van der Waals surface area (Å²) >= 11 is 5.41. The fourth-order valence-corrected chi connectivity index (χ4v) is 3.42. The maximum atomic E-state index is 12.6. The van der Waals surface area contributed by atoms with Crippen LogP contribution in [-0.4, -0.2) is 53.5 Å². The molecule has 0 rings (SSSR count). The Morgan fingerprint density at radius 3 is 2.27 bits per heavy atom. The van der Waals surface area contributed by atoms with E-state index in [1.54, 1.807) is 0 Å². The monoisotopic (exact) mass is 359 g/mol. The minimum atomic E-state index is -3.92. The van der Waals surface area contributed by atoms with E-state index in [9.17, 15) is 19.1 Å². The van der Waals surface area contributed by atoms with Crippen LogP contribution in [0.1, 0.15) is 20.3 Å². The van der Waals surface area contributed by atoms with Crippen molar-refractivity contribution in [1.29, 1.82) is 0 Å². The van der Waals surface area contributed by atoms with Gasteiger partial charge in [-0.05, 0) is 13.8 Å². The van der Waals surface area contributed by atoms with Crippen LogP contribution in [0.3, 0.4) is 0 Å². The summed E-state index contributed by atoms with van der Waals surface area (Å²) in [5.74, 6) is -2.85. The van der Waals surface area contributed by atoms with Gasteiger partial charge in [0.1, 0.15) is 5.78 Å². The topological polar surface area (TPSA) is 135 Å². The Balaban J connectivity index is 5.25. The van der Waals surface area contributed by atoms with E-state index in [4.69, 9.17) is 25.8 Å². The molecule has 22 heavy (non-hydrogen) atoms. The van der Waals surface area contributed by atoms with Crippen LogP contribution in [0.4, 0.5) is 4.79 Å². The third-order valence-corrected chi connectivity index (χ3v) is 4.77. The summed E-state index contributed by atoms with van der Waals surface area (Å²) < 4.78 is 22.6. The predicted molar refractivity (Wildman–Crippen MR) is 78.7 cm³/mol. The first-order valence-electron chi connectivity index (χ1n) is 6.42. The van der Waals surface area contributed by atoms with Gasteiger partial charge in [0.25, 0.3) is 0 Å². The molecule has 0 heterocycles. The quantitative estimate of drug-likeness (QED) is 0.249. The molecule has 0 aliphatic carbocycles. The van der Waals surface area contributed by atoms with Crippen LogP contribution >= 0.6 is 19.2 Å². The molecular weight excluding hydrogens is 341 g/mol. The number of nitroso groups, excluding NO2 is 1. The summed E-state index contributed by atoms with van der Waals surface area (Å²) in [5, 5.41) is 13.9. The number of halogens is 1. The maximum Gasteiger partial charge on any atom is 0.353 e. The van der Waals surface area contributed by atoms with Gasteiger partial charge in [0.05, 0.1) is 31.5 Å². The molecule has 0 aromatic rings. The molecule has 0 fully saturated rings. The number of nitrogens with zero attached hydrogens (tertiary/aromatic N) is 2. The first-order valence-corrected chi connectivity index (χ1v) is 8.57. The Kier molecular flexibility index (Phi) is 9.91. The van der Waals surface area contributed by atoms with E-state index in [1.165, 1.54) is 13.8 Å². The molecule has 0 spiro atoms. The lowest BCUT2D eigenvalue weighted by Gasteiger charge is -2.26. The molecule has 1 atom stereocenters. The first-order chi connectivity index (χ1) is 10.3. The number of alkyl halides is 1. The van der Waals surface area contributed by atoms with Gasteiger partial charge in [-0.2, -0.15) is 5.01 Å².